The normalized spacial score (nSPS) is 11.5. The lowest BCUT2D eigenvalue weighted by molar-refractivity contribution is 0.274. The van der Waals surface area contributed by atoms with Crippen molar-refractivity contribution in [2.75, 3.05) is 6.61 Å². The molecule has 1 aromatic heterocycles. The van der Waals surface area contributed by atoms with E-state index in [1.54, 1.807) is 12.3 Å². The molecule has 1 unspecified atom stereocenters. The van der Waals surface area contributed by atoms with Gasteiger partial charge in [-0.25, -0.2) is 0 Å². The molecule has 0 aliphatic carbocycles. The van der Waals surface area contributed by atoms with Gasteiger partial charge in [0.05, 0.1) is 6.61 Å². The highest BCUT2D eigenvalue weighted by molar-refractivity contribution is 5.63. The molecule has 3 N–H and O–H groups in total. The van der Waals surface area contributed by atoms with Crippen LogP contribution in [-0.4, -0.2) is 16.3 Å². The predicted octanol–water partition coefficient (Wildman–Crippen LogP) is 2.55. The number of pyridine rings is 1. The van der Waals surface area contributed by atoms with Crippen LogP contribution in [0.4, 0.5) is 0 Å². The molecule has 21 heavy (non-hydrogen) atoms. The Hall–Kier alpha value is -1.91. The molecule has 114 valence electrons. The largest absolute Gasteiger partial charge is 0.395 e. The standard InChI is InChI=1S/C15H18N2O2.C2H6/c1-11(16)12-2-4-13(5-3-12)14-6-7-17(8-9-18)15(19)10-14;1-2/h2-7,10-11,18H,8-9,16H2,1H3;1-2H3. The van der Waals surface area contributed by atoms with E-state index in [0.29, 0.717) is 6.54 Å². The van der Waals surface area contributed by atoms with E-state index in [0.717, 1.165) is 16.7 Å². The lowest BCUT2D eigenvalue weighted by Gasteiger charge is -2.08. The molecule has 2 aromatic rings. The van der Waals surface area contributed by atoms with Crippen LogP contribution in [0.15, 0.2) is 47.4 Å². The quantitative estimate of drug-likeness (QED) is 0.908. The van der Waals surface area contributed by atoms with Gasteiger partial charge in [-0.05, 0) is 29.7 Å². The van der Waals surface area contributed by atoms with Crippen LogP contribution >= 0.6 is 0 Å². The van der Waals surface area contributed by atoms with Crippen LogP contribution in [0.2, 0.25) is 0 Å². The fraction of sp³-hybridized carbons (Fsp3) is 0.353. The van der Waals surface area contributed by atoms with Gasteiger partial charge < -0.3 is 15.4 Å². The Balaban J connectivity index is 0.00000106. The molecule has 0 spiro atoms. The first-order chi connectivity index (χ1) is 10.1. The fourth-order valence-electron chi connectivity index (χ4n) is 1.96. The van der Waals surface area contributed by atoms with Crippen molar-refractivity contribution in [1.82, 2.24) is 4.57 Å². The van der Waals surface area contributed by atoms with Crippen LogP contribution in [-0.2, 0) is 6.54 Å². The van der Waals surface area contributed by atoms with E-state index in [1.165, 1.54) is 4.57 Å². The minimum atomic E-state index is -0.109. The second-order valence-corrected chi connectivity index (χ2v) is 4.58. The number of rotatable bonds is 4. The van der Waals surface area contributed by atoms with Crippen molar-refractivity contribution in [2.24, 2.45) is 5.73 Å². The van der Waals surface area contributed by atoms with Crippen molar-refractivity contribution in [3.05, 3.63) is 58.5 Å². The predicted molar refractivity (Wildman–Crippen MR) is 87.2 cm³/mol. The van der Waals surface area contributed by atoms with E-state index < -0.39 is 0 Å². The van der Waals surface area contributed by atoms with Gasteiger partial charge in [-0.15, -0.1) is 0 Å². The lowest BCUT2D eigenvalue weighted by atomic mass is 10.0. The zero-order chi connectivity index (χ0) is 15.8. The average Bonchev–Trinajstić information content (AvgIpc) is 2.51. The van der Waals surface area contributed by atoms with Gasteiger partial charge in [0, 0.05) is 24.8 Å². The number of nitrogens with two attached hydrogens (primary N) is 1. The Labute approximate surface area is 125 Å². The first-order valence-corrected chi connectivity index (χ1v) is 7.29. The van der Waals surface area contributed by atoms with Gasteiger partial charge in [0.25, 0.3) is 5.56 Å². The summed E-state index contributed by atoms with van der Waals surface area (Å²) in [6.07, 6.45) is 1.70. The molecule has 0 saturated carbocycles. The van der Waals surface area contributed by atoms with E-state index in [4.69, 9.17) is 10.8 Å². The van der Waals surface area contributed by atoms with Crippen molar-refractivity contribution in [3.8, 4) is 11.1 Å². The van der Waals surface area contributed by atoms with E-state index in [-0.39, 0.29) is 18.2 Å². The molecule has 4 heteroatoms. The topological polar surface area (TPSA) is 68.2 Å². The summed E-state index contributed by atoms with van der Waals surface area (Å²) in [6, 6.07) is 11.3. The van der Waals surface area contributed by atoms with Gasteiger partial charge in [0.2, 0.25) is 0 Å². The molecule has 2 rings (SSSR count). The van der Waals surface area contributed by atoms with Gasteiger partial charge in [-0.2, -0.15) is 0 Å². The summed E-state index contributed by atoms with van der Waals surface area (Å²) in [7, 11) is 0. The number of hydrogen-bond acceptors (Lipinski definition) is 3. The summed E-state index contributed by atoms with van der Waals surface area (Å²) in [6.45, 7) is 6.22. The number of aliphatic hydroxyl groups excluding tert-OH is 1. The molecule has 1 aromatic carbocycles. The first-order valence-electron chi connectivity index (χ1n) is 7.29. The summed E-state index contributed by atoms with van der Waals surface area (Å²) in [5, 5.41) is 8.84. The van der Waals surface area contributed by atoms with E-state index in [2.05, 4.69) is 0 Å². The lowest BCUT2D eigenvalue weighted by Crippen LogP contribution is -2.20. The van der Waals surface area contributed by atoms with Crippen molar-refractivity contribution in [2.45, 2.75) is 33.4 Å². The van der Waals surface area contributed by atoms with Crippen LogP contribution in [0.3, 0.4) is 0 Å². The Morgan fingerprint density at radius 1 is 1.14 bits per heavy atom. The Morgan fingerprint density at radius 3 is 2.24 bits per heavy atom. The van der Waals surface area contributed by atoms with E-state index >= 15 is 0 Å². The molecule has 0 radical (unpaired) electrons. The maximum Gasteiger partial charge on any atom is 0.251 e. The second kappa shape index (κ2) is 8.39. The number of nitrogens with zero attached hydrogens (tertiary/aromatic N) is 1. The van der Waals surface area contributed by atoms with E-state index in [9.17, 15) is 4.79 Å². The van der Waals surface area contributed by atoms with Gasteiger partial charge in [-0.3, -0.25) is 4.79 Å². The highest BCUT2D eigenvalue weighted by Gasteiger charge is 2.03. The highest BCUT2D eigenvalue weighted by Crippen LogP contribution is 2.19. The van der Waals surface area contributed by atoms with Gasteiger partial charge in [0.15, 0.2) is 0 Å². The number of aromatic nitrogens is 1. The van der Waals surface area contributed by atoms with Crippen LogP contribution in [0, 0.1) is 0 Å². The van der Waals surface area contributed by atoms with Crippen molar-refractivity contribution in [3.63, 3.8) is 0 Å². The first kappa shape index (κ1) is 17.1. The highest BCUT2D eigenvalue weighted by atomic mass is 16.3. The minimum Gasteiger partial charge on any atom is -0.395 e. The average molecular weight is 288 g/mol. The molecule has 1 heterocycles. The maximum absolute atomic E-state index is 11.8. The van der Waals surface area contributed by atoms with Crippen molar-refractivity contribution >= 4 is 0 Å². The second-order valence-electron chi connectivity index (χ2n) is 4.58. The van der Waals surface area contributed by atoms with Gasteiger partial charge in [-0.1, -0.05) is 38.1 Å². The maximum atomic E-state index is 11.8. The Morgan fingerprint density at radius 2 is 1.76 bits per heavy atom. The third kappa shape index (κ3) is 4.55. The molecule has 1 atom stereocenters. The van der Waals surface area contributed by atoms with Crippen molar-refractivity contribution < 1.29 is 5.11 Å². The van der Waals surface area contributed by atoms with Crippen molar-refractivity contribution in [1.29, 1.82) is 0 Å². The molecule has 0 saturated heterocycles. The molecule has 0 aliphatic rings. The third-order valence-electron chi connectivity index (χ3n) is 3.11. The smallest absolute Gasteiger partial charge is 0.251 e. The molecular formula is C17H24N2O2. The zero-order valence-corrected chi connectivity index (χ0v) is 12.9. The van der Waals surface area contributed by atoms with Crippen LogP contribution in [0.5, 0.6) is 0 Å². The summed E-state index contributed by atoms with van der Waals surface area (Å²) >= 11 is 0. The monoisotopic (exact) mass is 288 g/mol. The minimum absolute atomic E-state index is 0.00612. The molecule has 0 fully saturated rings. The van der Waals surface area contributed by atoms with E-state index in [1.807, 2.05) is 51.1 Å². The van der Waals surface area contributed by atoms with Gasteiger partial charge in [0.1, 0.15) is 0 Å². The molecular weight excluding hydrogens is 264 g/mol. The fourth-order valence-corrected chi connectivity index (χ4v) is 1.96. The van der Waals surface area contributed by atoms with Crippen LogP contribution < -0.4 is 11.3 Å². The summed E-state index contributed by atoms with van der Waals surface area (Å²) in [4.78, 5) is 11.8. The zero-order valence-electron chi connectivity index (χ0n) is 12.9. The molecule has 0 bridgehead atoms. The van der Waals surface area contributed by atoms with Gasteiger partial charge >= 0.3 is 0 Å². The number of aliphatic hydroxyl groups is 1. The SMILES string of the molecule is CC.CC(N)c1ccc(-c2ccn(CCO)c(=O)c2)cc1. The summed E-state index contributed by atoms with van der Waals surface area (Å²) in [5.41, 5.74) is 8.62. The number of benzene rings is 1. The third-order valence-corrected chi connectivity index (χ3v) is 3.11. The summed E-state index contributed by atoms with van der Waals surface area (Å²) in [5.74, 6) is 0. The van der Waals surface area contributed by atoms with Crippen LogP contribution in [0.1, 0.15) is 32.4 Å². The van der Waals surface area contributed by atoms with Crippen LogP contribution in [0.25, 0.3) is 11.1 Å². The molecule has 0 amide bonds. The molecule has 0 aliphatic heterocycles. The Kier molecular flexibility index (Phi) is 6.85. The number of hydrogen-bond donors (Lipinski definition) is 2. The molecule has 4 nitrogen and oxygen atoms in total. The summed E-state index contributed by atoms with van der Waals surface area (Å²) < 4.78 is 1.49. The Bertz CT molecular complexity index is 601.